The van der Waals surface area contributed by atoms with Crippen molar-refractivity contribution in [2.45, 2.75) is 25.7 Å². The molecule has 3 rings (SSSR count). The number of carbonyl (C=O) groups is 2. The summed E-state index contributed by atoms with van der Waals surface area (Å²) in [5.41, 5.74) is 0.568. The van der Waals surface area contributed by atoms with Gasteiger partial charge in [-0.25, -0.2) is 0 Å². The van der Waals surface area contributed by atoms with Crippen LogP contribution in [0.1, 0.15) is 25.7 Å². The van der Waals surface area contributed by atoms with Gasteiger partial charge in [-0.1, -0.05) is 12.8 Å². The van der Waals surface area contributed by atoms with Crippen LogP contribution >= 0.6 is 0 Å². The van der Waals surface area contributed by atoms with Crippen LogP contribution in [0.5, 0.6) is 0 Å². The zero-order chi connectivity index (χ0) is 15.0. The van der Waals surface area contributed by atoms with Gasteiger partial charge in [0.15, 0.2) is 0 Å². The van der Waals surface area contributed by atoms with Crippen molar-refractivity contribution in [1.29, 1.82) is 0 Å². The molecule has 0 radical (unpaired) electrons. The predicted molar refractivity (Wildman–Crippen MR) is 75.8 cm³/mol. The molecule has 2 N–H and O–H groups in total. The van der Waals surface area contributed by atoms with Gasteiger partial charge in [0.2, 0.25) is 11.8 Å². The predicted octanol–water partition coefficient (Wildman–Crippen LogP) is 2.29. The molecular formula is C14H15N3O4. The summed E-state index contributed by atoms with van der Waals surface area (Å²) in [6, 6.07) is 4.04. The fraction of sp³-hybridized carbons (Fsp3) is 0.429. The lowest BCUT2D eigenvalue weighted by Gasteiger charge is -2.32. The van der Waals surface area contributed by atoms with Gasteiger partial charge in [0.1, 0.15) is 0 Å². The Labute approximate surface area is 120 Å². The van der Waals surface area contributed by atoms with Gasteiger partial charge in [0, 0.05) is 24.0 Å². The highest BCUT2D eigenvalue weighted by atomic mass is 16.6. The number of nitrogens with one attached hydrogen (secondary N) is 2. The Kier molecular flexibility index (Phi) is 3.32. The van der Waals surface area contributed by atoms with Gasteiger partial charge in [0.05, 0.1) is 16.3 Å². The molecule has 1 aromatic carbocycles. The number of hydrogen-bond donors (Lipinski definition) is 2. The topological polar surface area (TPSA) is 101 Å². The van der Waals surface area contributed by atoms with Crippen molar-refractivity contribution in [2.24, 2.45) is 11.8 Å². The highest BCUT2D eigenvalue weighted by Crippen LogP contribution is 2.36. The number of benzene rings is 1. The number of fused-ring (bicyclic) bond motifs is 2. The van der Waals surface area contributed by atoms with E-state index < -0.39 is 4.92 Å². The van der Waals surface area contributed by atoms with Crippen LogP contribution in [0.4, 0.5) is 17.1 Å². The van der Waals surface area contributed by atoms with Crippen molar-refractivity contribution in [3.8, 4) is 0 Å². The van der Waals surface area contributed by atoms with E-state index in [1.54, 1.807) is 0 Å². The maximum atomic E-state index is 12.3. The number of rotatable bonds is 1. The molecule has 1 aliphatic carbocycles. The van der Waals surface area contributed by atoms with E-state index in [-0.39, 0.29) is 35.0 Å². The van der Waals surface area contributed by atoms with Crippen LogP contribution in [0.25, 0.3) is 0 Å². The molecule has 2 atom stereocenters. The van der Waals surface area contributed by atoms with E-state index in [9.17, 15) is 19.7 Å². The van der Waals surface area contributed by atoms with Gasteiger partial charge in [-0.2, -0.15) is 0 Å². The van der Waals surface area contributed by atoms with Gasteiger partial charge in [0.25, 0.3) is 5.69 Å². The normalized spacial score (nSPS) is 24.8. The lowest BCUT2D eigenvalue weighted by Crippen LogP contribution is -2.40. The molecule has 2 unspecified atom stereocenters. The summed E-state index contributed by atoms with van der Waals surface area (Å²) in [4.78, 5) is 34.9. The summed E-state index contributed by atoms with van der Waals surface area (Å²) < 4.78 is 0. The fourth-order valence-electron chi connectivity index (χ4n) is 3.07. The Bertz CT molecular complexity index is 629. The fourth-order valence-corrected chi connectivity index (χ4v) is 3.07. The summed E-state index contributed by atoms with van der Waals surface area (Å²) >= 11 is 0. The number of hydrogen-bond acceptors (Lipinski definition) is 4. The molecule has 1 saturated carbocycles. The van der Waals surface area contributed by atoms with E-state index in [0.29, 0.717) is 18.5 Å². The van der Waals surface area contributed by atoms with E-state index in [0.717, 1.165) is 12.8 Å². The quantitative estimate of drug-likeness (QED) is 0.611. The molecule has 7 nitrogen and oxygen atoms in total. The second-order valence-electron chi connectivity index (χ2n) is 5.46. The van der Waals surface area contributed by atoms with E-state index >= 15 is 0 Å². The molecule has 21 heavy (non-hydrogen) atoms. The third-order valence-corrected chi connectivity index (χ3v) is 4.17. The maximum Gasteiger partial charge on any atom is 0.271 e. The molecule has 0 spiro atoms. The highest BCUT2D eigenvalue weighted by Gasteiger charge is 2.37. The lowest BCUT2D eigenvalue weighted by atomic mass is 9.77. The van der Waals surface area contributed by atoms with Crippen LogP contribution in [0.2, 0.25) is 0 Å². The third-order valence-electron chi connectivity index (χ3n) is 4.17. The first kappa shape index (κ1) is 13.5. The van der Waals surface area contributed by atoms with Gasteiger partial charge >= 0.3 is 0 Å². The van der Waals surface area contributed by atoms with Crippen LogP contribution in [-0.2, 0) is 9.59 Å². The summed E-state index contributed by atoms with van der Waals surface area (Å²) in [5, 5.41) is 16.3. The van der Waals surface area contributed by atoms with E-state index in [4.69, 9.17) is 0 Å². The second-order valence-corrected chi connectivity index (χ2v) is 5.46. The lowest BCUT2D eigenvalue weighted by molar-refractivity contribution is -0.384. The van der Waals surface area contributed by atoms with Crippen molar-refractivity contribution in [3.05, 3.63) is 28.3 Å². The van der Waals surface area contributed by atoms with E-state index in [1.165, 1.54) is 18.2 Å². The number of nitrogens with zero attached hydrogens (tertiary/aromatic N) is 1. The molecule has 1 fully saturated rings. The highest BCUT2D eigenvalue weighted by molar-refractivity contribution is 6.06. The number of anilines is 2. The summed E-state index contributed by atoms with van der Waals surface area (Å²) in [6.45, 7) is 0. The Morgan fingerprint density at radius 1 is 1.00 bits per heavy atom. The molecule has 0 saturated heterocycles. The molecule has 1 aliphatic heterocycles. The number of non-ortho nitro benzene ring substituents is 1. The van der Waals surface area contributed by atoms with Crippen molar-refractivity contribution in [1.82, 2.24) is 0 Å². The first-order valence-electron chi connectivity index (χ1n) is 6.96. The third kappa shape index (κ3) is 2.46. The maximum absolute atomic E-state index is 12.3. The molecule has 1 aromatic rings. The second kappa shape index (κ2) is 5.16. The van der Waals surface area contributed by atoms with Crippen LogP contribution in [0.3, 0.4) is 0 Å². The van der Waals surface area contributed by atoms with Gasteiger partial charge < -0.3 is 10.6 Å². The summed E-state index contributed by atoms with van der Waals surface area (Å²) in [7, 11) is 0. The van der Waals surface area contributed by atoms with Crippen LogP contribution in [0.15, 0.2) is 18.2 Å². The van der Waals surface area contributed by atoms with Crippen molar-refractivity contribution >= 4 is 28.9 Å². The first-order chi connectivity index (χ1) is 10.1. The Morgan fingerprint density at radius 3 is 2.14 bits per heavy atom. The smallest absolute Gasteiger partial charge is 0.271 e. The summed E-state index contributed by atoms with van der Waals surface area (Å²) in [6.07, 6.45) is 3.24. The van der Waals surface area contributed by atoms with Crippen LogP contribution in [-0.4, -0.2) is 16.7 Å². The SMILES string of the molecule is O=C1Nc2ccc([N+](=O)[O-])cc2NC(=O)C2CCCCC12. The monoisotopic (exact) mass is 289 g/mol. The number of nitro benzene ring substituents is 1. The molecule has 2 amide bonds. The van der Waals surface area contributed by atoms with Crippen molar-refractivity contribution < 1.29 is 14.5 Å². The zero-order valence-corrected chi connectivity index (χ0v) is 11.3. The zero-order valence-electron chi connectivity index (χ0n) is 11.3. The van der Waals surface area contributed by atoms with Gasteiger partial charge in [-0.15, -0.1) is 0 Å². The minimum atomic E-state index is -0.531. The van der Waals surface area contributed by atoms with Crippen molar-refractivity contribution in [3.63, 3.8) is 0 Å². The molecule has 0 aromatic heterocycles. The van der Waals surface area contributed by atoms with Crippen LogP contribution < -0.4 is 10.6 Å². The van der Waals surface area contributed by atoms with Crippen LogP contribution in [0, 0.1) is 22.0 Å². The molecular weight excluding hydrogens is 274 g/mol. The Balaban J connectivity index is 2.00. The Morgan fingerprint density at radius 2 is 1.57 bits per heavy atom. The number of nitro groups is 1. The van der Waals surface area contributed by atoms with Crippen molar-refractivity contribution in [2.75, 3.05) is 10.6 Å². The molecule has 0 bridgehead atoms. The van der Waals surface area contributed by atoms with Gasteiger partial charge in [-0.3, -0.25) is 19.7 Å². The Hall–Kier alpha value is -2.44. The molecule has 110 valence electrons. The first-order valence-corrected chi connectivity index (χ1v) is 6.96. The largest absolute Gasteiger partial charge is 0.324 e. The van der Waals surface area contributed by atoms with E-state index in [1.807, 2.05) is 0 Å². The standard InChI is InChI=1S/C14H15N3O4/c18-13-9-3-1-2-4-10(9)14(19)16-12-7-8(17(20)21)5-6-11(12)15-13/h5-7,9-10H,1-4H2,(H,15,18)(H,16,19). The number of amides is 2. The minimum absolute atomic E-state index is 0.121. The molecule has 1 heterocycles. The molecule has 2 aliphatic rings. The average molecular weight is 289 g/mol. The minimum Gasteiger partial charge on any atom is -0.324 e. The van der Waals surface area contributed by atoms with E-state index in [2.05, 4.69) is 10.6 Å². The summed E-state index contributed by atoms with van der Waals surface area (Å²) in [5.74, 6) is -1.07. The average Bonchev–Trinajstić information content (AvgIpc) is 2.47. The molecule has 7 heteroatoms. The van der Waals surface area contributed by atoms with Gasteiger partial charge in [-0.05, 0) is 18.9 Å². The number of carbonyl (C=O) groups excluding carboxylic acids is 2.